The molecule has 0 radical (unpaired) electrons. The monoisotopic (exact) mass is 567 g/mol. The van der Waals surface area contributed by atoms with E-state index in [9.17, 15) is 9.59 Å². The Kier molecular flexibility index (Phi) is 7.17. The Bertz CT molecular complexity index is 1700. The Morgan fingerprint density at radius 1 is 0.976 bits per heavy atom. The molecule has 11 heteroatoms. The van der Waals surface area contributed by atoms with Crippen molar-refractivity contribution < 1.29 is 23.5 Å². The number of benzene rings is 3. The molecule has 6 rings (SSSR count). The van der Waals surface area contributed by atoms with Crippen LogP contribution in [0.25, 0.3) is 22.9 Å². The Morgan fingerprint density at radius 2 is 1.68 bits per heavy atom. The van der Waals surface area contributed by atoms with Crippen LogP contribution in [0.15, 0.2) is 82.6 Å². The fourth-order valence-electron chi connectivity index (χ4n) is 4.31. The van der Waals surface area contributed by atoms with Crippen molar-refractivity contribution in [3.05, 3.63) is 89.4 Å². The van der Waals surface area contributed by atoms with E-state index in [1.165, 1.54) is 11.3 Å². The van der Waals surface area contributed by atoms with Crippen molar-refractivity contribution in [3.8, 4) is 40.2 Å². The van der Waals surface area contributed by atoms with Gasteiger partial charge in [0.25, 0.3) is 11.8 Å². The maximum Gasteiger partial charge on any atom is 0.263 e. The van der Waals surface area contributed by atoms with Gasteiger partial charge in [-0.3, -0.25) is 14.9 Å². The van der Waals surface area contributed by atoms with Gasteiger partial charge in [-0.15, -0.1) is 21.5 Å². The van der Waals surface area contributed by atoms with Gasteiger partial charge >= 0.3 is 0 Å². The van der Waals surface area contributed by atoms with Gasteiger partial charge in [-0.05, 0) is 55.5 Å². The van der Waals surface area contributed by atoms with E-state index >= 15 is 0 Å². The third-order valence-corrected chi connectivity index (χ3v) is 7.30. The lowest BCUT2D eigenvalue weighted by Gasteiger charge is -2.15. The number of anilines is 1. The normalized spacial score (nSPS) is 14.7. The molecule has 2 aromatic heterocycles. The molecule has 5 aromatic rings. The summed E-state index contributed by atoms with van der Waals surface area (Å²) in [5.74, 6) is 1.59. The smallest absolute Gasteiger partial charge is 0.263 e. The van der Waals surface area contributed by atoms with E-state index in [1.54, 1.807) is 42.3 Å². The second-order valence-electron chi connectivity index (χ2n) is 9.50. The zero-order valence-corrected chi connectivity index (χ0v) is 23.1. The first-order valence-electron chi connectivity index (χ1n) is 12.9. The number of aryl methyl sites for hydroxylation is 1. The molecule has 1 unspecified atom stereocenters. The van der Waals surface area contributed by atoms with Crippen LogP contribution < -0.4 is 14.8 Å². The Balaban J connectivity index is 1.23. The van der Waals surface area contributed by atoms with E-state index in [4.69, 9.17) is 13.9 Å². The Hall–Kier alpha value is -5.03. The molecular weight excluding hydrogens is 542 g/mol. The van der Waals surface area contributed by atoms with E-state index in [2.05, 4.69) is 20.5 Å². The van der Waals surface area contributed by atoms with E-state index in [0.717, 1.165) is 16.8 Å². The van der Waals surface area contributed by atoms with Crippen molar-refractivity contribution in [1.82, 2.24) is 20.1 Å². The van der Waals surface area contributed by atoms with Gasteiger partial charge in [-0.2, -0.15) is 0 Å². The third kappa shape index (κ3) is 5.94. The molecule has 0 spiro atoms. The molecule has 1 fully saturated rings. The van der Waals surface area contributed by atoms with E-state index in [-0.39, 0.29) is 11.8 Å². The molecule has 1 aliphatic heterocycles. The summed E-state index contributed by atoms with van der Waals surface area (Å²) in [5.41, 5.74) is 2.69. The number of rotatable bonds is 8. The quantitative estimate of drug-likeness (QED) is 0.249. The van der Waals surface area contributed by atoms with Crippen LogP contribution in [-0.2, 0) is 4.79 Å². The van der Waals surface area contributed by atoms with Gasteiger partial charge in [-0.1, -0.05) is 18.2 Å². The third-order valence-electron chi connectivity index (χ3n) is 6.42. The number of ether oxygens (including phenoxy) is 2. The molecule has 41 heavy (non-hydrogen) atoms. The molecule has 0 bridgehead atoms. The molecule has 1 aliphatic rings. The molecule has 3 aromatic carbocycles. The summed E-state index contributed by atoms with van der Waals surface area (Å²) in [6.45, 7) is 2.46. The number of carbonyl (C=O) groups is 2. The van der Waals surface area contributed by atoms with Gasteiger partial charge in [0.2, 0.25) is 11.8 Å². The highest BCUT2D eigenvalue weighted by molar-refractivity contribution is 7.13. The van der Waals surface area contributed by atoms with Gasteiger partial charge in [0.15, 0.2) is 11.2 Å². The lowest BCUT2D eigenvalue weighted by molar-refractivity contribution is -0.132. The summed E-state index contributed by atoms with van der Waals surface area (Å²) in [4.78, 5) is 31.5. The van der Waals surface area contributed by atoms with Crippen LogP contribution in [0.5, 0.6) is 17.2 Å². The van der Waals surface area contributed by atoms with Crippen molar-refractivity contribution in [1.29, 1.82) is 0 Å². The summed E-state index contributed by atoms with van der Waals surface area (Å²) in [5, 5.41) is 13.4. The first-order valence-corrected chi connectivity index (χ1v) is 13.8. The SMILES string of the molecule is Cc1csc(NC(=O)c2cc(Oc3ccc(-c4nnc(-c5ccccc5)o4)cc3)cc(OC3CCN(C)C3=O)c2)n1. The predicted molar refractivity (Wildman–Crippen MR) is 153 cm³/mol. The van der Waals surface area contributed by atoms with Crippen molar-refractivity contribution in [2.24, 2.45) is 0 Å². The Morgan fingerprint density at radius 3 is 2.34 bits per heavy atom. The van der Waals surface area contributed by atoms with E-state index in [1.807, 2.05) is 54.8 Å². The highest BCUT2D eigenvalue weighted by atomic mass is 32.1. The number of hydrogen-bond acceptors (Lipinski definition) is 9. The highest BCUT2D eigenvalue weighted by Crippen LogP contribution is 2.32. The van der Waals surface area contributed by atoms with Crippen LogP contribution in [0.2, 0.25) is 0 Å². The maximum absolute atomic E-state index is 13.1. The molecule has 1 atom stereocenters. The van der Waals surface area contributed by atoms with Crippen molar-refractivity contribution in [3.63, 3.8) is 0 Å². The van der Waals surface area contributed by atoms with Gasteiger partial charge < -0.3 is 18.8 Å². The second-order valence-corrected chi connectivity index (χ2v) is 10.4. The fraction of sp³-hybridized carbons (Fsp3) is 0.167. The van der Waals surface area contributed by atoms with Gasteiger partial charge in [-0.25, -0.2) is 4.98 Å². The number of nitrogens with one attached hydrogen (secondary N) is 1. The van der Waals surface area contributed by atoms with Gasteiger partial charge in [0.1, 0.15) is 17.2 Å². The van der Waals surface area contributed by atoms with Crippen molar-refractivity contribution in [2.45, 2.75) is 19.4 Å². The minimum Gasteiger partial charge on any atom is -0.480 e. The first-order chi connectivity index (χ1) is 19.9. The van der Waals surface area contributed by atoms with Crippen LogP contribution in [-0.4, -0.2) is 51.6 Å². The number of hydrogen-bond donors (Lipinski definition) is 1. The summed E-state index contributed by atoms with van der Waals surface area (Å²) in [6.07, 6.45) is -0.0639. The standard InChI is InChI=1S/C30H25N5O5S/c1-18-17-41-30(31-18)32-26(36)21-14-23(16-24(15-21)39-25-12-13-35(2)29(25)37)38-22-10-8-20(9-11-22)28-34-33-27(40-28)19-6-4-3-5-7-19/h3-11,14-17,25H,12-13H2,1-2H3,(H,31,32,36). The largest absolute Gasteiger partial charge is 0.480 e. The summed E-state index contributed by atoms with van der Waals surface area (Å²) >= 11 is 1.34. The van der Waals surface area contributed by atoms with Crippen LogP contribution >= 0.6 is 11.3 Å². The lowest BCUT2D eigenvalue weighted by atomic mass is 10.1. The molecular formula is C30H25N5O5S. The molecule has 0 aliphatic carbocycles. The number of likely N-dealkylation sites (tertiary alicyclic amines) is 1. The van der Waals surface area contributed by atoms with Crippen LogP contribution in [0.3, 0.4) is 0 Å². The highest BCUT2D eigenvalue weighted by Gasteiger charge is 2.31. The van der Waals surface area contributed by atoms with E-state index < -0.39 is 6.10 Å². The average molecular weight is 568 g/mol. The predicted octanol–water partition coefficient (Wildman–Crippen LogP) is 5.82. The van der Waals surface area contributed by atoms with Gasteiger partial charge in [0, 0.05) is 48.2 Å². The lowest BCUT2D eigenvalue weighted by Crippen LogP contribution is -2.29. The van der Waals surface area contributed by atoms with Crippen LogP contribution in [0.4, 0.5) is 5.13 Å². The molecule has 206 valence electrons. The number of aromatic nitrogens is 3. The molecule has 1 saturated heterocycles. The van der Waals surface area contributed by atoms with E-state index in [0.29, 0.717) is 52.7 Å². The zero-order chi connectivity index (χ0) is 28.3. The number of amides is 2. The zero-order valence-electron chi connectivity index (χ0n) is 22.2. The molecule has 1 N–H and O–H groups in total. The summed E-state index contributed by atoms with van der Waals surface area (Å²) in [6, 6.07) is 21.6. The molecule has 0 saturated carbocycles. The van der Waals surface area contributed by atoms with Crippen molar-refractivity contribution in [2.75, 3.05) is 18.9 Å². The molecule has 2 amide bonds. The minimum atomic E-state index is -0.623. The van der Waals surface area contributed by atoms with Crippen molar-refractivity contribution >= 4 is 28.3 Å². The maximum atomic E-state index is 13.1. The Labute approximate surface area is 239 Å². The number of carbonyl (C=O) groups excluding carboxylic acids is 2. The van der Waals surface area contributed by atoms with Crippen LogP contribution in [0, 0.1) is 6.92 Å². The number of nitrogens with zero attached hydrogens (tertiary/aromatic N) is 4. The summed E-state index contributed by atoms with van der Waals surface area (Å²) in [7, 11) is 1.74. The number of thiazole rings is 1. The topological polar surface area (TPSA) is 120 Å². The molecule has 3 heterocycles. The summed E-state index contributed by atoms with van der Waals surface area (Å²) < 4.78 is 18.0. The molecule has 10 nitrogen and oxygen atoms in total. The first kappa shape index (κ1) is 26.2. The fourth-order valence-corrected chi connectivity index (χ4v) is 5.00. The average Bonchev–Trinajstić information content (AvgIpc) is 3.71. The van der Waals surface area contributed by atoms with Gasteiger partial charge in [0.05, 0.1) is 5.69 Å². The minimum absolute atomic E-state index is 0.104. The van der Waals surface area contributed by atoms with Crippen LogP contribution in [0.1, 0.15) is 22.5 Å². The second kappa shape index (κ2) is 11.2. The number of likely N-dealkylation sites (N-methyl/N-ethyl adjacent to an activating group) is 1.